The lowest BCUT2D eigenvalue weighted by molar-refractivity contribution is -0.121. The molecule has 0 saturated carbocycles. The topological polar surface area (TPSA) is 81.1 Å². The lowest BCUT2D eigenvalue weighted by Gasteiger charge is -2.11. The fraction of sp³-hybridized carbons (Fsp3) is 0.280. The van der Waals surface area contributed by atoms with E-state index in [0.29, 0.717) is 13.1 Å². The molecule has 0 aliphatic rings. The van der Waals surface area contributed by atoms with Gasteiger partial charge < -0.3 is 20.0 Å². The number of phenols is 2. The van der Waals surface area contributed by atoms with Crippen molar-refractivity contribution in [2.75, 3.05) is 28.2 Å². The van der Waals surface area contributed by atoms with E-state index in [1.165, 1.54) is 12.2 Å². The van der Waals surface area contributed by atoms with E-state index in [1.807, 2.05) is 50.1 Å². The molecule has 2 aromatic rings. The first-order valence-electron chi connectivity index (χ1n) is 9.99. The van der Waals surface area contributed by atoms with Crippen molar-refractivity contribution in [3.63, 3.8) is 0 Å². The summed E-state index contributed by atoms with van der Waals surface area (Å²) in [5.41, 5.74) is 3.09. The van der Waals surface area contributed by atoms with Crippen LogP contribution in [-0.2, 0) is 22.7 Å². The molecule has 0 saturated heterocycles. The number of nitrogens with zero attached hydrogens (tertiary/aromatic N) is 2. The molecule has 0 spiro atoms. The lowest BCUT2D eigenvalue weighted by Crippen LogP contribution is -2.10. The van der Waals surface area contributed by atoms with E-state index in [0.717, 1.165) is 22.3 Å². The zero-order valence-electron chi connectivity index (χ0n) is 18.5. The normalized spacial score (nSPS) is 11.8. The van der Waals surface area contributed by atoms with Gasteiger partial charge in [-0.15, -0.1) is 0 Å². The molecule has 0 bridgehead atoms. The van der Waals surface area contributed by atoms with Gasteiger partial charge in [0.2, 0.25) is 0 Å². The number of rotatable bonds is 10. The molecule has 31 heavy (non-hydrogen) atoms. The Labute approximate surface area is 183 Å². The van der Waals surface area contributed by atoms with E-state index in [9.17, 15) is 19.8 Å². The van der Waals surface area contributed by atoms with Crippen LogP contribution in [-0.4, -0.2) is 59.8 Å². The summed E-state index contributed by atoms with van der Waals surface area (Å²) in [5.74, 6) is -0.173. The van der Waals surface area contributed by atoms with Crippen LogP contribution in [0.5, 0.6) is 11.5 Å². The Balaban J connectivity index is 1.98. The molecule has 2 N–H and O–H groups in total. The maximum atomic E-state index is 12.2. The molecular formula is C25H30N2O4. The quantitative estimate of drug-likeness (QED) is 0.451. The molecule has 0 atom stereocenters. The number of carbonyl (C=O) groups is 2. The molecule has 164 valence electrons. The van der Waals surface area contributed by atoms with Crippen molar-refractivity contribution in [2.45, 2.75) is 19.5 Å². The summed E-state index contributed by atoms with van der Waals surface area (Å²) in [6.45, 7) is 1.16. The molecule has 0 aromatic heterocycles. The molecule has 0 heterocycles. The number of carbonyl (C=O) groups excluding carboxylic acids is 2. The smallest absolute Gasteiger partial charge is 0.163 e. The average molecular weight is 423 g/mol. The molecule has 6 nitrogen and oxygen atoms in total. The Morgan fingerprint density at radius 1 is 0.742 bits per heavy atom. The van der Waals surface area contributed by atoms with Gasteiger partial charge in [-0.25, -0.2) is 0 Å². The summed E-state index contributed by atoms with van der Waals surface area (Å²) < 4.78 is 0. The summed E-state index contributed by atoms with van der Waals surface area (Å²) in [7, 11) is 7.63. The first-order valence-corrected chi connectivity index (χ1v) is 9.99. The van der Waals surface area contributed by atoms with Gasteiger partial charge in [-0.1, -0.05) is 24.3 Å². The number of hydrogen-bond donors (Lipinski definition) is 2. The highest BCUT2D eigenvalue weighted by Gasteiger charge is 2.07. The second kappa shape index (κ2) is 11.2. The van der Waals surface area contributed by atoms with Crippen molar-refractivity contribution in [2.24, 2.45) is 0 Å². The first-order chi connectivity index (χ1) is 14.6. The molecule has 6 heteroatoms. The van der Waals surface area contributed by atoms with E-state index in [4.69, 9.17) is 0 Å². The summed E-state index contributed by atoms with van der Waals surface area (Å²) in [4.78, 5) is 28.2. The van der Waals surface area contributed by atoms with Gasteiger partial charge in [-0.05, 0) is 75.7 Å². The third-order valence-corrected chi connectivity index (χ3v) is 4.45. The van der Waals surface area contributed by atoms with Crippen LogP contribution in [0.1, 0.15) is 28.7 Å². The minimum atomic E-state index is -0.295. The van der Waals surface area contributed by atoms with Gasteiger partial charge in [0.05, 0.1) is 6.42 Å². The third kappa shape index (κ3) is 8.20. The maximum absolute atomic E-state index is 12.2. The van der Waals surface area contributed by atoms with Gasteiger partial charge >= 0.3 is 0 Å². The summed E-state index contributed by atoms with van der Waals surface area (Å²) in [6.07, 6.45) is 5.83. The summed E-state index contributed by atoms with van der Waals surface area (Å²) >= 11 is 0. The second-order valence-corrected chi connectivity index (χ2v) is 8.03. The van der Waals surface area contributed by atoms with Crippen LogP contribution < -0.4 is 0 Å². The Morgan fingerprint density at radius 3 is 1.48 bits per heavy atom. The zero-order valence-corrected chi connectivity index (χ0v) is 18.5. The highest BCUT2D eigenvalue weighted by Crippen LogP contribution is 2.21. The van der Waals surface area contributed by atoms with Crippen molar-refractivity contribution < 1.29 is 19.8 Å². The van der Waals surface area contributed by atoms with E-state index < -0.39 is 0 Å². The minimum absolute atomic E-state index is 0.209. The van der Waals surface area contributed by atoms with Crippen molar-refractivity contribution >= 4 is 23.7 Å². The van der Waals surface area contributed by atoms with Crippen LogP contribution in [0, 0.1) is 0 Å². The number of allylic oxidation sites excluding steroid dienone is 2. The van der Waals surface area contributed by atoms with Gasteiger partial charge in [0.1, 0.15) is 11.5 Å². The largest absolute Gasteiger partial charge is 0.508 e. The standard InChI is InChI=1S/C25H30N2O4/c1-26(2)16-20-13-18(7-11-24(20)30)5-9-22(28)15-23(29)10-6-19-8-12-25(31)21(14-19)17-27(3)4/h5-14,30-31H,15-17H2,1-4H3/b9-5+,10-6+. The van der Waals surface area contributed by atoms with Gasteiger partial charge in [0.15, 0.2) is 11.6 Å². The Bertz CT molecular complexity index is 912. The molecule has 0 radical (unpaired) electrons. The molecule has 2 aromatic carbocycles. The Hall–Kier alpha value is -3.22. The number of benzene rings is 2. The molecule has 0 aliphatic heterocycles. The number of ketones is 2. The predicted octanol–water partition coefficient (Wildman–Crippen LogP) is 3.48. The number of hydrogen-bond acceptors (Lipinski definition) is 6. The van der Waals surface area contributed by atoms with Gasteiger partial charge in [0, 0.05) is 24.2 Å². The highest BCUT2D eigenvalue weighted by molar-refractivity contribution is 6.10. The van der Waals surface area contributed by atoms with Gasteiger partial charge in [-0.2, -0.15) is 0 Å². The van der Waals surface area contributed by atoms with E-state index in [1.54, 1.807) is 36.4 Å². The van der Waals surface area contributed by atoms with Crippen molar-refractivity contribution in [1.82, 2.24) is 9.80 Å². The zero-order chi connectivity index (χ0) is 23.0. The molecule has 0 aliphatic carbocycles. The fourth-order valence-electron chi connectivity index (χ4n) is 3.02. The van der Waals surface area contributed by atoms with Crippen molar-refractivity contribution in [3.8, 4) is 11.5 Å². The SMILES string of the molecule is CN(C)Cc1cc(/C=C/C(=O)CC(=O)/C=C/c2ccc(O)c(CN(C)C)c2)ccc1O. The molecule has 0 amide bonds. The van der Waals surface area contributed by atoms with Crippen LogP contribution in [0.4, 0.5) is 0 Å². The van der Waals surface area contributed by atoms with E-state index in [-0.39, 0.29) is 29.5 Å². The van der Waals surface area contributed by atoms with Gasteiger partial charge in [0.25, 0.3) is 0 Å². The Morgan fingerprint density at radius 2 is 1.13 bits per heavy atom. The second-order valence-electron chi connectivity index (χ2n) is 8.03. The van der Waals surface area contributed by atoms with E-state index >= 15 is 0 Å². The van der Waals surface area contributed by atoms with E-state index in [2.05, 4.69) is 0 Å². The van der Waals surface area contributed by atoms with Crippen LogP contribution in [0.25, 0.3) is 12.2 Å². The van der Waals surface area contributed by atoms with Crippen LogP contribution in [0.3, 0.4) is 0 Å². The third-order valence-electron chi connectivity index (χ3n) is 4.45. The van der Waals surface area contributed by atoms with Crippen LogP contribution in [0.2, 0.25) is 0 Å². The lowest BCUT2D eigenvalue weighted by atomic mass is 10.1. The van der Waals surface area contributed by atoms with Gasteiger partial charge in [-0.3, -0.25) is 9.59 Å². The minimum Gasteiger partial charge on any atom is -0.508 e. The number of phenolic OH excluding ortho intramolecular Hbond substituents is 2. The molecule has 0 fully saturated rings. The maximum Gasteiger partial charge on any atom is 0.163 e. The Kier molecular flexibility index (Phi) is 8.73. The van der Waals surface area contributed by atoms with Crippen molar-refractivity contribution in [3.05, 3.63) is 70.8 Å². The molecular weight excluding hydrogens is 392 g/mol. The molecule has 0 unspecified atom stereocenters. The van der Waals surface area contributed by atoms with Crippen molar-refractivity contribution in [1.29, 1.82) is 0 Å². The van der Waals surface area contributed by atoms with Crippen LogP contribution >= 0.6 is 0 Å². The summed E-state index contributed by atoms with van der Waals surface area (Å²) in [6, 6.07) is 10.3. The highest BCUT2D eigenvalue weighted by atomic mass is 16.3. The predicted molar refractivity (Wildman–Crippen MR) is 124 cm³/mol. The monoisotopic (exact) mass is 422 g/mol. The average Bonchev–Trinajstić information content (AvgIpc) is 2.68. The first kappa shape index (κ1) is 24.1. The fourth-order valence-corrected chi connectivity index (χ4v) is 3.02. The number of aromatic hydroxyl groups is 2. The summed E-state index contributed by atoms with van der Waals surface area (Å²) in [5, 5.41) is 19.8. The molecule has 2 rings (SSSR count). The van der Waals surface area contributed by atoms with Crippen LogP contribution in [0.15, 0.2) is 48.6 Å².